The third kappa shape index (κ3) is 4.00. The number of ketones is 2. The number of fused-ring (bicyclic) bond motifs is 4. The number of aliphatic hydroxyl groups is 2. The molecule has 5 heterocycles. The molecule has 1 fully saturated rings. The summed E-state index contributed by atoms with van der Waals surface area (Å²) < 4.78 is 13.8. The van der Waals surface area contributed by atoms with E-state index in [1.54, 1.807) is 4.57 Å². The molecule has 0 saturated carbocycles. The van der Waals surface area contributed by atoms with Crippen molar-refractivity contribution in [2.75, 3.05) is 11.9 Å². The Labute approximate surface area is 229 Å². The Morgan fingerprint density at radius 3 is 2.76 bits per heavy atom. The van der Waals surface area contributed by atoms with Crippen LogP contribution in [0.2, 0.25) is 0 Å². The molecule has 2 aliphatic heterocycles. The van der Waals surface area contributed by atoms with Crippen molar-refractivity contribution >= 4 is 34.8 Å². The van der Waals surface area contributed by atoms with Crippen LogP contribution in [-0.4, -0.2) is 76.8 Å². The second-order valence-corrected chi connectivity index (χ2v) is 10.1. The highest BCUT2D eigenvalue weighted by Gasteiger charge is 2.44. The summed E-state index contributed by atoms with van der Waals surface area (Å²) in [6.45, 7) is 0.742. The molecule has 41 heavy (non-hydrogen) atoms. The summed E-state index contributed by atoms with van der Waals surface area (Å²) in [5, 5.41) is 22.7. The molecule has 6 rings (SSSR count). The van der Waals surface area contributed by atoms with Crippen molar-refractivity contribution in [3.63, 3.8) is 0 Å². The lowest BCUT2D eigenvalue weighted by Crippen LogP contribution is -2.33. The number of carbonyl (C=O) groups excluding carboxylic acids is 3. The lowest BCUT2D eigenvalue weighted by atomic mass is 9.89. The molecular weight excluding hydrogens is 542 g/mol. The van der Waals surface area contributed by atoms with Crippen LogP contribution in [0.15, 0.2) is 22.4 Å². The molecule has 3 aliphatic rings. The molecule has 0 spiro atoms. The Bertz CT molecular complexity index is 1720. The molecule has 3 aromatic rings. The van der Waals surface area contributed by atoms with E-state index in [2.05, 4.69) is 20.3 Å². The van der Waals surface area contributed by atoms with Gasteiger partial charge in [-0.2, -0.15) is 4.98 Å². The number of imidazole rings is 1. The minimum absolute atomic E-state index is 0.00147. The van der Waals surface area contributed by atoms with Gasteiger partial charge >= 0.3 is 6.09 Å². The number of carbonyl (C=O) groups is 3. The maximum absolute atomic E-state index is 13.2. The van der Waals surface area contributed by atoms with E-state index in [0.29, 0.717) is 5.69 Å². The molecule has 17 heteroatoms. The summed E-state index contributed by atoms with van der Waals surface area (Å²) in [6, 6.07) is -1.48. The maximum atomic E-state index is 13.2. The summed E-state index contributed by atoms with van der Waals surface area (Å²) in [4.78, 5) is 62.0. The van der Waals surface area contributed by atoms with Crippen LogP contribution < -0.4 is 28.1 Å². The molecule has 1 aliphatic carbocycles. The topological polar surface area (TPSA) is 269 Å². The predicted octanol–water partition coefficient (Wildman–Crippen LogP) is -1.74. The van der Waals surface area contributed by atoms with E-state index in [1.807, 2.05) is 0 Å². The monoisotopic (exact) mass is 569 g/mol. The number of aliphatic hydroxyl groups excluding tert-OH is 2. The van der Waals surface area contributed by atoms with E-state index in [0.717, 1.165) is 0 Å². The number of primary amides is 1. The third-order valence-corrected chi connectivity index (χ3v) is 7.73. The number of amides is 1. The van der Waals surface area contributed by atoms with Gasteiger partial charge in [0.1, 0.15) is 24.6 Å². The summed E-state index contributed by atoms with van der Waals surface area (Å²) in [5.74, 6) is -1.07. The molecule has 1 saturated heterocycles. The number of allylic oxidation sites excluding steroid dienone is 2. The van der Waals surface area contributed by atoms with Crippen LogP contribution in [0.4, 0.5) is 10.7 Å². The van der Waals surface area contributed by atoms with Gasteiger partial charge in [0, 0.05) is 35.8 Å². The Hall–Kier alpha value is -4.58. The van der Waals surface area contributed by atoms with Crippen LogP contribution in [-0.2, 0) is 22.6 Å². The van der Waals surface area contributed by atoms with Gasteiger partial charge < -0.3 is 46.8 Å². The highest BCUT2D eigenvalue weighted by atomic mass is 16.5. The SMILES string of the molecule is CC1=C(N)C(=O)c2c(COC(N)=O)c3n(c2C1=O)C[C@H](N)[C@@H]3Nc1nc2c(ncn2[C@H]2C[C@H](O)[C@@H](CO)O2)c(=O)[nH]1. The lowest BCUT2D eigenvalue weighted by molar-refractivity contribution is -0.0432. The first-order valence-corrected chi connectivity index (χ1v) is 12.7. The van der Waals surface area contributed by atoms with Gasteiger partial charge in [-0.05, 0) is 6.92 Å². The molecule has 10 N–H and O–H groups in total. The maximum Gasteiger partial charge on any atom is 0.404 e. The van der Waals surface area contributed by atoms with Crippen LogP contribution in [0.3, 0.4) is 0 Å². The first-order chi connectivity index (χ1) is 19.5. The number of H-pyrrole nitrogens is 1. The van der Waals surface area contributed by atoms with Crippen molar-refractivity contribution in [2.24, 2.45) is 17.2 Å². The summed E-state index contributed by atoms with van der Waals surface area (Å²) >= 11 is 0. The van der Waals surface area contributed by atoms with Gasteiger partial charge in [-0.15, -0.1) is 0 Å². The first-order valence-electron chi connectivity index (χ1n) is 12.7. The van der Waals surface area contributed by atoms with Gasteiger partial charge in [-0.3, -0.25) is 23.9 Å². The molecule has 17 nitrogen and oxygen atoms in total. The quantitative estimate of drug-likeness (QED) is 0.174. The Balaban J connectivity index is 1.42. The minimum atomic E-state index is -1.09. The molecule has 0 bridgehead atoms. The van der Waals surface area contributed by atoms with Crippen LogP contribution in [0.5, 0.6) is 0 Å². The zero-order valence-corrected chi connectivity index (χ0v) is 21.7. The number of nitrogens with one attached hydrogen (secondary N) is 2. The van der Waals surface area contributed by atoms with E-state index in [1.165, 1.54) is 17.8 Å². The zero-order chi connectivity index (χ0) is 29.3. The van der Waals surface area contributed by atoms with Crippen molar-refractivity contribution in [1.29, 1.82) is 0 Å². The number of hydrogen-bond acceptors (Lipinski definition) is 13. The number of aromatic amines is 1. The fourth-order valence-electron chi connectivity index (χ4n) is 5.71. The molecule has 3 aromatic heterocycles. The number of hydrogen-bond donors (Lipinski definition) is 7. The largest absolute Gasteiger partial charge is 0.445 e. The summed E-state index contributed by atoms with van der Waals surface area (Å²) in [7, 11) is 0. The summed E-state index contributed by atoms with van der Waals surface area (Å²) in [6.07, 6.45) is -2.05. The molecule has 0 aromatic carbocycles. The zero-order valence-electron chi connectivity index (χ0n) is 21.7. The van der Waals surface area contributed by atoms with Gasteiger partial charge in [0.15, 0.2) is 11.2 Å². The Morgan fingerprint density at radius 2 is 2.07 bits per heavy atom. The number of Topliss-reactive ketones (excluding diaryl/α,β-unsaturated/α-hetero) is 2. The highest BCUT2D eigenvalue weighted by Crippen LogP contribution is 2.40. The van der Waals surface area contributed by atoms with E-state index < -0.39 is 60.3 Å². The van der Waals surface area contributed by atoms with Crippen molar-refractivity contribution in [2.45, 2.75) is 57.0 Å². The average molecular weight is 570 g/mol. The number of anilines is 1. The van der Waals surface area contributed by atoms with E-state index in [4.69, 9.17) is 26.7 Å². The van der Waals surface area contributed by atoms with Crippen molar-refractivity contribution in [3.05, 3.63) is 50.5 Å². The van der Waals surface area contributed by atoms with Gasteiger partial charge in [0.2, 0.25) is 17.5 Å². The normalized spacial score (nSPS) is 25.6. The summed E-state index contributed by atoms with van der Waals surface area (Å²) in [5.41, 5.74) is 17.7. The van der Waals surface area contributed by atoms with E-state index in [-0.39, 0.29) is 64.8 Å². The lowest BCUT2D eigenvalue weighted by Gasteiger charge is -2.21. The standard InChI is InChI=1S/C24H27N9O8/c1-7-14(26)20(37)13-8(5-40-23(27)39)17-15(9(25)3-32(17)18(13)19(7)36)29-24-30-21-16(22(38)31-24)28-6-33(21)12-2-10(35)11(4-34)41-12/h6,9-12,15,34-35H,2-5,25-26H2,1H3,(H2,27,39)(H2,29,30,31,38)/t9-,10-,11+,12+,15-/m0/s1. The van der Waals surface area contributed by atoms with Gasteiger partial charge in [0.25, 0.3) is 5.56 Å². The van der Waals surface area contributed by atoms with Crippen LogP contribution in [0, 0.1) is 0 Å². The van der Waals surface area contributed by atoms with Crippen LogP contribution in [0.25, 0.3) is 11.2 Å². The first kappa shape index (κ1) is 26.6. The fourth-order valence-corrected chi connectivity index (χ4v) is 5.71. The number of nitrogens with zero attached hydrogens (tertiary/aromatic N) is 4. The number of nitrogens with two attached hydrogens (primary N) is 3. The van der Waals surface area contributed by atoms with E-state index in [9.17, 15) is 29.4 Å². The second-order valence-electron chi connectivity index (χ2n) is 10.1. The van der Waals surface area contributed by atoms with Gasteiger partial charge in [-0.1, -0.05) is 0 Å². The molecule has 1 amide bonds. The van der Waals surface area contributed by atoms with Gasteiger partial charge in [-0.25, -0.2) is 9.78 Å². The van der Waals surface area contributed by atoms with E-state index >= 15 is 0 Å². The molecule has 5 atom stereocenters. The van der Waals surface area contributed by atoms with Crippen molar-refractivity contribution in [1.82, 2.24) is 24.1 Å². The Morgan fingerprint density at radius 1 is 1.32 bits per heavy atom. The molecule has 0 unspecified atom stereocenters. The number of ether oxygens (including phenoxy) is 2. The van der Waals surface area contributed by atoms with Gasteiger partial charge in [0.05, 0.1) is 36.3 Å². The Kier molecular flexibility index (Phi) is 6.18. The molecule has 0 radical (unpaired) electrons. The second kappa shape index (κ2) is 9.51. The third-order valence-electron chi connectivity index (χ3n) is 7.73. The number of aromatic nitrogens is 5. The predicted molar refractivity (Wildman–Crippen MR) is 138 cm³/mol. The average Bonchev–Trinajstić information content (AvgIpc) is 3.67. The molecular formula is C24H27N9O8. The molecule has 216 valence electrons. The highest BCUT2D eigenvalue weighted by molar-refractivity contribution is 6.26. The minimum Gasteiger partial charge on any atom is -0.445 e. The van der Waals surface area contributed by atoms with Crippen molar-refractivity contribution < 1.29 is 34.1 Å². The van der Waals surface area contributed by atoms with Crippen molar-refractivity contribution in [3.8, 4) is 0 Å². The van der Waals surface area contributed by atoms with Crippen LogP contribution >= 0.6 is 0 Å². The number of rotatable bonds is 6. The fraction of sp³-hybridized carbons (Fsp3) is 0.417. The van der Waals surface area contributed by atoms with Crippen LogP contribution in [0.1, 0.15) is 57.7 Å². The smallest absolute Gasteiger partial charge is 0.404 e.